The molecule has 0 N–H and O–H groups in total. The van der Waals surface area contributed by atoms with Crippen LogP contribution < -0.4 is 10.6 Å². The molecule has 2 fully saturated rings. The number of rotatable bonds is 6. The van der Waals surface area contributed by atoms with Crippen LogP contribution in [0.2, 0.25) is 0 Å². The van der Waals surface area contributed by atoms with E-state index in [1.54, 1.807) is 21.6 Å². The normalized spacial score (nSPS) is 21.9. The van der Waals surface area contributed by atoms with Crippen LogP contribution in [0.4, 0.5) is 0 Å². The molecular weight excluding hydrogens is 542 g/mol. The predicted octanol–water partition coefficient (Wildman–Crippen LogP) is 11.7. The summed E-state index contributed by atoms with van der Waals surface area (Å²) < 4.78 is 0. The van der Waals surface area contributed by atoms with Crippen molar-refractivity contribution in [2.75, 3.05) is 0 Å². The van der Waals surface area contributed by atoms with Gasteiger partial charge in [0, 0.05) is 0 Å². The fourth-order valence-electron chi connectivity index (χ4n) is 9.30. The first-order valence-corrected chi connectivity index (χ1v) is 19.5. The van der Waals surface area contributed by atoms with E-state index in [0.29, 0.717) is 16.2 Å². The van der Waals surface area contributed by atoms with Crippen molar-refractivity contribution in [2.24, 2.45) is 5.92 Å². The van der Waals surface area contributed by atoms with Gasteiger partial charge in [0.05, 0.1) is 0 Å². The standard InChI is InChI=1S/C40H52P2/c1-28(42(39(2,3)4)40(5,6)7)32-23-15-26-35(32)41(36-25-13-19-29-16-10-11-22-33(29)36)37-27-14-21-31-20-12-24-34(38(31)37)30-17-8-9-18-30/h10-14,16,19-22,24-25,27-28,30,32,35H,8-9,15,17-18,23,26H2,1-7H3/t28?,32-,35-,41?/m0/s1. The van der Waals surface area contributed by atoms with E-state index in [-0.39, 0.29) is 7.92 Å². The number of benzene rings is 4. The van der Waals surface area contributed by atoms with Gasteiger partial charge in [-0.3, -0.25) is 0 Å². The molecule has 2 unspecified atom stereocenters. The minimum Gasteiger partial charge on any atom is -0.0924 e. The second-order valence-electron chi connectivity index (χ2n) is 15.2. The molecule has 2 aliphatic carbocycles. The summed E-state index contributed by atoms with van der Waals surface area (Å²) in [6.07, 6.45) is 9.60. The van der Waals surface area contributed by atoms with Crippen LogP contribution in [-0.2, 0) is 0 Å². The third-order valence-corrected chi connectivity index (χ3v) is 17.5. The van der Waals surface area contributed by atoms with Gasteiger partial charge in [0.15, 0.2) is 0 Å². The number of fused-ring (bicyclic) bond motifs is 2. The third-order valence-electron chi connectivity index (χ3n) is 10.3. The Bertz CT molecular complexity index is 1510. The van der Waals surface area contributed by atoms with Crippen molar-refractivity contribution >= 4 is 48.0 Å². The molecule has 0 aliphatic heterocycles. The van der Waals surface area contributed by atoms with Crippen LogP contribution in [0, 0.1) is 5.92 Å². The fourth-order valence-corrected chi connectivity index (χ4v) is 18.3. The van der Waals surface area contributed by atoms with Crippen LogP contribution >= 0.6 is 15.8 Å². The van der Waals surface area contributed by atoms with Crippen LogP contribution in [0.25, 0.3) is 21.5 Å². The highest BCUT2D eigenvalue weighted by Gasteiger charge is 2.46. The van der Waals surface area contributed by atoms with E-state index < -0.39 is 7.92 Å². The van der Waals surface area contributed by atoms with Gasteiger partial charge in [0.1, 0.15) is 0 Å². The molecule has 2 saturated carbocycles. The minimum absolute atomic E-state index is 0.177. The molecule has 4 atom stereocenters. The molecule has 0 saturated heterocycles. The molecule has 2 aliphatic rings. The van der Waals surface area contributed by atoms with Gasteiger partial charge in [0.25, 0.3) is 0 Å². The van der Waals surface area contributed by atoms with E-state index in [9.17, 15) is 0 Å². The first-order chi connectivity index (χ1) is 20.1. The van der Waals surface area contributed by atoms with Gasteiger partial charge in [-0.15, -0.1) is 0 Å². The summed E-state index contributed by atoms with van der Waals surface area (Å²) >= 11 is 0. The Labute approximate surface area is 258 Å². The van der Waals surface area contributed by atoms with Gasteiger partial charge >= 0.3 is 0 Å². The Hall–Kier alpha value is -1.74. The summed E-state index contributed by atoms with van der Waals surface area (Å²) in [5.41, 5.74) is 3.11. The molecule has 0 amide bonds. The Balaban J connectivity index is 1.58. The fraction of sp³-hybridized carbons (Fsp3) is 0.500. The molecule has 6 rings (SSSR count). The molecular formula is C40H52P2. The van der Waals surface area contributed by atoms with E-state index >= 15 is 0 Å². The maximum absolute atomic E-state index is 2.66. The quantitative estimate of drug-likeness (QED) is 0.195. The Morgan fingerprint density at radius 1 is 0.619 bits per heavy atom. The van der Waals surface area contributed by atoms with Crippen LogP contribution in [0.15, 0.2) is 78.9 Å². The first-order valence-electron chi connectivity index (χ1n) is 16.6. The van der Waals surface area contributed by atoms with Crippen molar-refractivity contribution < 1.29 is 0 Å². The predicted molar refractivity (Wildman–Crippen MR) is 192 cm³/mol. The summed E-state index contributed by atoms with van der Waals surface area (Å²) in [5, 5.41) is 9.92. The maximum Gasteiger partial charge on any atom is -0.00686 e. The number of hydrogen-bond acceptors (Lipinski definition) is 0. The third kappa shape index (κ3) is 5.73. The lowest BCUT2D eigenvalue weighted by Crippen LogP contribution is -2.37. The highest BCUT2D eigenvalue weighted by atomic mass is 31.1. The Morgan fingerprint density at radius 2 is 1.21 bits per heavy atom. The van der Waals surface area contributed by atoms with Crippen LogP contribution in [0.1, 0.15) is 105 Å². The first kappa shape index (κ1) is 30.3. The van der Waals surface area contributed by atoms with Gasteiger partial charge in [-0.1, -0.05) is 155 Å². The SMILES string of the molecule is CC([C@@H]1CCC[C@@H]1P(c1cccc2ccccc12)c1cccc2cccc(C3CCCC3)c12)P(C(C)(C)C)C(C)(C)C. The highest BCUT2D eigenvalue weighted by molar-refractivity contribution is 7.74. The van der Waals surface area contributed by atoms with Gasteiger partial charge in [-0.05, 0) is 105 Å². The Morgan fingerprint density at radius 3 is 1.90 bits per heavy atom. The van der Waals surface area contributed by atoms with Crippen molar-refractivity contribution in [3.8, 4) is 0 Å². The molecule has 42 heavy (non-hydrogen) atoms. The highest BCUT2D eigenvalue weighted by Crippen LogP contribution is 2.67. The molecule has 222 valence electrons. The molecule has 0 radical (unpaired) electrons. The van der Waals surface area contributed by atoms with Crippen molar-refractivity contribution in [1.82, 2.24) is 0 Å². The van der Waals surface area contributed by atoms with Crippen LogP contribution in [0.3, 0.4) is 0 Å². The zero-order valence-corrected chi connectivity index (χ0v) is 28.9. The zero-order valence-electron chi connectivity index (χ0n) is 27.2. The zero-order chi connectivity index (χ0) is 29.6. The molecule has 0 nitrogen and oxygen atoms in total. The molecule has 0 heterocycles. The summed E-state index contributed by atoms with van der Waals surface area (Å²) in [4.78, 5) is 0. The lowest BCUT2D eigenvalue weighted by atomic mass is 9.92. The van der Waals surface area contributed by atoms with E-state index in [4.69, 9.17) is 0 Å². The molecule has 0 aromatic heterocycles. The molecule has 2 heteroatoms. The van der Waals surface area contributed by atoms with E-state index in [1.807, 2.05) is 0 Å². The molecule has 4 aromatic carbocycles. The molecule has 0 bridgehead atoms. The number of hydrogen-bond donors (Lipinski definition) is 0. The van der Waals surface area contributed by atoms with Gasteiger partial charge in [-0.2, -0.15) is 0 Å². The van der Waals surface area contributed by atoms with E-state index in [2.05, 4.69) is 127 Å². The second-order valence-corrected chi connectivity index (χ2v) is 21.8. The van der Waals surface area contributed by atoms with Crippen molar-refractivity contribution in [3.63, 3.8) is 0 Å². The summed E-state index contributed by atoms with van der Waals surface area (Å²) in [6.45, 7) is 17.8. The summed E-state index contributed by atoms with van der Waals surface area (Å²) in [6, 6.07) is 30.9. The van der Waals surface area contributed by atoms with Gasteiger partial charge < -0.3 is 0 Å². The largest absolute Gasteiger partial charge is 0.0924 e. The van der Waals surface area contributed by atoms with Crippen molar-refractivity contribution in [3.05, 3.63) is 84.4 Å². The summed E-state index contributed by atoms with van der Waals surface area (Å²) in [5.74, 6) is 1.49. The second kappa shape index (κ2) is 12.0. The van der Waals surface area contributed by atoms with Gasteiger partial charge in [0.2, 0.25) is 0 Å². The summed E-state index contributed by atoms with van der Waals surface area (Å²) in [7, 11) is -0.717. The lowest BCUT2D eigenvalue weighted by molar-refractivity contribution is 0.527. The maximum atomic E-state index is 2.66. The van der Waals surface area contributed by atoms with Crippen LogP contribution in [0.5, 0.6) is 0 Å². The van der Waals surface area contributed by atoms with Crippen molar-refractivity contribution in [1.29, 1.82) is 0 Å². The van der Waals surface area contributed by atoms with Gasteiger partial charge in [-0.25, -0.2) is 0 Å². The van der Waals surface area contributed by atoms with Crippen molar-refractivity contribution in [2.45, 2.75) is 121 Å². The lowest BCUT2D eigenvalue weighted by Gasteiger charge is -2.49. The monoisotopic (exact) mass is 594 g/mol. The minimum atomic E-state index is -0.540. The molecule has 4 aromatic rings. The van der Waals surface area contributed by atoms with E-state index in [0.717, 1.165) is 17.2 Å². The average Bonchev–Trinajstić information content (AvgIpc) is 3.65. The topological polar surface area (TPSA) is 0 Å². The average molecular weight is 595 g/mol. The smallest absolute Gasteiger partial charge is 0.00686 e. The van der Waals surface area contributed by atoms with E-state index in [1.165, 1.54) is 61.1 Å². The molecule has 0 spiro atoms. The van der Waals surface area contributed by atoms with Crippen LogP contribution in [-0.4, -0.2) is 21.6 Å². The Kier molecular flexibility index (Phi) is 8.64.